The number of unbranched alkanes of at least 4 members (excludes halogenated alkanes) is 1. The van der Waals surface area contributed by atoms with Crippen LogP contribution in [0.25, 0.3) is 0 Å². The number of hydrogen-bond acceptors (Lipinski definition) is 2. The van der Waals surface area contributed by atoms with Gasteiger partial charge in [-0.1, -0.05) is 26.7 Å². The zero-order valence-electron chi connectivity index (χ0n) is 9.23. The molecule has 0 saturated heterocycles. The minimum atomic E-state index is -4.34. The summed E-state index contributed by atoms with van der Waals surface area (Å²) >= 11 is 0. The number of esters is 1. The summed E-state index contributed by atoms with van der Waals surface area (Å²) in [6.45, 7) is 2.89. The molecule has 2 unspecified atom stereocenters. The molecular weight excluding hydrogens is 209 g/mol. The van der Waals surface area contributed by atoms with E-state index in [1.807, 2.05) is 6.92 Å². The first kappa shape index (κ1) is 14.3. The fraction of sp³-hybridized carbons (Fsp3) is 0.900. The lowest BCUT2D eigenvalue weighted by Crippen LogP contribution is -2.33. The van der Waals surface area contributed by atoms with Gasteiger partial charge in [0.05, 0.1) is 18.9 Å². The van der Waals surface area contributed by atoms with Crippen molar-refractivity contribution in [1.29, 1.82) is 0 Å². The maximum atomic E-state index is 12.4. The largest absolute Gasteiger partial charge is 0.469 e. The summed E-state index contributed by atoms with van der Waals surface area (Å²) in [6.07, 6.45) is -2.76. The SMILES string of the molecule is CCCCC(C(=O)OC)C(C)C(F)(F)F. The Morgan fingerprint density at radius 2 is 1.93 bits per heavy atom. The van der Waals surface area contributed by atoms with Crippen molar-refractivity contribution in [2.45, 2.75) is 39.3 Å². The molecule has 0 spiro atoms. The van der Waals surface area contributed by atoms with E-state index >= 15 is 0 Å². The third kappa shape index (κ3) is 4.53. The molecule has 15 heavy (non-hydrogen) atoms. The third-order valence-corrected chi connectivity index (χ3v) is 2.49. The van der Waals surface area contributed by atoms with E-state index in [0.717, 1.165) is 20.5 Å². The molecule has 90 valence electrons. The van der Waals surface area contributed by atoms with E-state index in [0.29, 0.717) is 6.42 Å². The van der Waals surface area contributed by atoms with Crippen LogP contribution in [0.1, 0.15) is 33.1 Å². The van der Waals surface area contributed by atoms with Crippen LogP contribution >= 0.6 is 0 Å². The van der Waals surface area contributed by atoms with Crippen molar-refractivity contribution in [3.63, 3.8) is 0 Å². The molecule has 0 aliphatic rings. The normalized spacial score (nSPS) is 15.9. The summed E-state index contributed by atoms with van der Waals surface area (Å²) in [5.41, 5.74) is 0. The second-order valence-electron chi connectivity index (χ2n) is 3.60. The number of carbonyl (C=O) groups is 1. The maximum absolute atomic E-state index is 12.4. The van der Waals surface area contributed by atoms with Gasteiger partial charge in [0.25, 0.3) is 0 Å². The number of hydrogen-bond donors (Lipinski definition) is 0. The molecule has 0 amide bonds. The number of alkyl halides is 3. The van der Waals surface area contributed by atoms with Crippen molar-refractivity contribution < 1.29 is 22.7 Å². The van der Waals surface area contributed by atoms with Crippen LogP contribution in [0, 0.1) is 11.8 Å². The average Bonchev–Trinajstić information content (AvgIpc) is 2.16. The summed E-state index contributed by atoms with van der Waals surface area (Å²) in [5, 5.41) is 0. The van der Waals surface area contributed by atoms with Gasteiger partial charge in [0, 0.05) is 0 Å². The number of methoxy groups -OCH3 is 1. The predicted molar refractivity (Wildman–Crippen MR) is 50.3 cm³/mol. The molecular formula is C10H17F3O2. The molecule has 0 rings (SSSR count). The zero-order valence-corrected chi connectivity index (χ0v) is 9.23. The summed E-state index contributed by atoms with van der Waals surface area (Å²) in [5.74, 6) is -3.49. The fourth-order valence-electron chi connectivity index (χ4n) is 1.38. The first-order valence-corrected chi connectivity index (χ1v) is 4.99. The Morgan fingerprint density at radius 1 is 1.40 bits per heavy atom. The number of ether oxygens (including phenoxy) is 1. The van der Waals surface area contributed by atoms with Crippen molar-refractivity contribution >= 4 is 5.97 Å². The second-order valence-corrected chi connectivity index (χ2v) is 3.60. The smallest absolute Gasteiger partial charge is 0.392 e. The van der Waals surface area contributed by atoms with Gasteiger partial charge in [0.15, 0.2) is 0 Å². The lowest BCUT2D eigenvalue weighted by molar-refractivity contribution is -0.193. The van der Waals surface area contributed by atoms with E-state index in [2.05, 4.69) is 4.74 Å². The molecule has 0 fully saturated rings. The van der Waals surface area contributed by atoms with Crippen LogP contribution in [-0.2, 0) is 9.53 Å². The summed E-state index contributed by atoms with van der Waals surface area (Å²) in [7, 11) is 1.12. The second kappa shape index (κ2) is 5.98. The van der Waals surface area contributed by atoms with E-state index in [1.54, 1.807) is 0 Å². The molecule has 0 radical (unpaired) electrons. The van der Waals surface area contributed by atoms with Crippen molar-refractivity contribution in [2.24, 2.45) is 11.8 Å². The Hall–Kier alpha value is -0.740. The minimum absolute atomic E-state index is 0.226. The lowest BCUT2D eigenvalue weighted by Gasteiger charge is -2.23. The third-order valence-electron chi connectivity index (χ3n) is 2.49. The Morgan fingerprint density at radius 3 is 2.27 bits per heavy atom. The molecule has 0 N–H and O–H groups in total. The lowest BCUT2D eigenvalue weighted by atomic mass is 9.89. The van der Waals surface area contributed by atoms with Crippen LogP contribution in [0.2, 0.25) is 0 Å². The number of halogens is 3. The highest BCUT2D eigenvalue weighted by Gasteiger charge is 2.44. The molecule has 0 aromatic heterocycles. The topological polar surface area (TPSA) is 26.3 Å². The van der Waals surface area contributed by atoms with E-state index < -0.39 is 24.0 Å². The van der Waals surface area contributed by atoms with Crippen molar-refractivity contribution in [3.8, 4) is 0 Å². The summed E-state index contributed by atoms with van der Waals surface area (Å²) in [6, 6.07) is 0. The van der Waals surface area contributed by atoms with Gasteiger partial charge in [-0.2, -0.15) is 13.2 Å². The molecule has 2 atom stereocenters. The van der Waals surface area contributed by atoms with Gasteiger partial charge in [-0.15, -0.1) is 0 Å². The van der Waals surface area contributed by atoms with E-state index in [4.69, 9.17) is 0 Å². The van der Waals surface area contributed by atoms with Crippen LogP contribution in [0.5, 0.6) is 0 Å². The highest BCUT2D eigenvalue weighted by Crippen LogP contribution is 2.34. The monoisotopic (exact) mass is 226 g/mol. The van der Waals surface area contributed by atoms with Crippen LogP contribution in [0.3, 0.4) is 0 Å². The number of carbonyl (C=O) groups excluding carboxylic acids is 1. The van der Waals surface area contributed by atoms with E-state index in [9.17, 15) is 18.0 Å². The van der Waals surface area contributed by atoms with Crippen molar-refractivity contribution in [2.75, 3.05) is 7.11 Å². The van der Waals surface area contributed by atoms with E-state index in [1.165, 1.54) is 0 Å². The Labute approximate surface area is 87.8 Å². The summed E-state index contributed by atoms with van der Waals surface area (Å²) in [4.78, 5) is 11.2. The van der Waals surface area contributed by atoms with Gasteiger partial charge in [0.1, 0.15) is 0 Å². The van der Waals surface area contributed by atoms with Gasteiger partial charge >= 0.3 is 12.1 Å². The molecule has 0 aliphatic heterocycles. The molecule has 2 nitrogen and oxygen atoms in total. The van der Waals surface area contributed by atoms with Crippen LogP contribution in [0.4, 0.5) is 13.2 Å². The van der Waals surface area contributed by atoms with Crippen molar-refractivity contribution in [3.05, 3.63) is 0 Å². The van der Waals surface area contributed by atoms with Gasteiger partial charge < -0.3 is 4.74 Å². The molecule has 0 heterocycles. The average molecular weight is 226 g/mol. The quantitative estimate of drug-likeness (QED) is 0.673. The van der Waals surface area contributed by atoms with Crippen molar-refractivity contribution in [1.82, 2.24) is 0 Å². The Bertz CT molecular complexity index is 201. The molecule has 0 bridgehead atoms. The standard InChI is InChI=1S/C10H17F3O2/c1-4-5-6-8(9(14)15-3)7(2)10(11,12)13/h7-8H,4-6H2,1-3H3. The van der Waals surface area contributed by atoms with Gasteiger partial charge in [-0.25, -0.2) is 0 Å². The first-order valence-electron chi connectivity index (χ1n) is 4.99. The highest BCUT2D eigenvalue weighted by atomic mass is 19.4. The first-order chi connectivity index (χ1) is 6.84. The Kier molecular flexibility index (Phi) is 5.68. The van der Waals surface area contributed by atoms with Crippen LogP contribution in [-0.4, -0.2) is 19.3 Å². The van der Waals surface area contributed by atoms with Crippen LogP contribution in [0.15, 0.2) is 0 Å². The molecule has 0 saturated carbocycles. The Balaban J connectivity index is 4.55. The maximum Gasteiger partial charge on any atom is 0.392 e. The summed E-state index contributed by atoms with van der Waals surface area (Å²) < 4.78 is 41.6. The fourth-order valence-corrected chi connectivity index (χ4v) is 1.38. The van der Waals surface area contributed by atoms with Gasteiger partial charge in [-0.3, -0.25) is 4.79 Å². The molecule has 0 aromatic carbocycles. The minimum Gasteiger partial charge on any atom is -0.469 e. The zero-order chi connectivity index (χ0) is 12.1. The highest BCUT2D eigenvalue weighted by molar-refractivity contribution is 5.72. The molecule has 0 aliphatic carbocycles. The van der Waals surface area contributed by atoms with Gasteiger partial charge in [-0.05, 0) is 6.42 Å². The van der Waals surface area contributed by atoms with Gasteiger partial charge in [0.2, 0.25) is 0 Å². The number of rotatable bonds is 5. The molecule has 5 heteroatoms. The van der Waals surface area contributed by atoms with Crippen LogP contribution < -0.4 is 0 Å². The predicted octanol–water partition coefficient (Wildman–Crippen LogP) is 3.16. The molecule has 0 aromatic rings. The van der Waals surface area contributed by atoms with E-state index in [-0.39, 0.29) is 6.42 Å².